The minimum atomic E-state index is -0.794. The van der Waals surface area contributed by atoms with Crippen LogP contribution in [0, 0.1) is 13.8 Å². The molecule has 1 aliphatic heterocycles. The summed E-state index contributed by atoms with van der Waals surface area (Å²) in [5.74, 6) is -0.719. The lowest BCUT2D eigenvalue weighted by molar-refractivity contribution is -0.122. The van der Waals surface area contributed by atoms with Gasteiger partial charge in [-0.1, -0.05) is 29.3 Å². The van der Waals surface area contributed by atoms with Crippen LogP contribution in [-0.2, 0) is 9.59 Å². The van der Waals surface area contributed by atoms with Crippen molar-refractivity contribution >= 4 is 41.2 Å². The first kappa shape index (κ1) is 23.3. The van der Waals surface area contributed by atoms with E-state index in [1.807, 2.05) is 33.8 Å². The molecule has 0 atom stereocenters. The zero-order valence-corrected chi connectivity index (χ0v) is 19.4. The highest BCUT2D eigenvalue weighted by Crippen LogP contribution is 2.38. The van der Waals surface area contributed by atoms with Crippen molar-refractivity contribution in [2.24, 2.45) is 0 Å². The number of aryl methyl sites for hydroxylation is 2. The van der Waals surface area contributed by atoms with Gasteiger partial charge in [0.25, 0.3) is 11.8 Å². The van der Waals surface area contributed by atoms with E-state index in [9.17, 15) is 14.4 Å². The number of hydrogen-bond donors (Lipinski definition) is 1. The van der Waals surface area contributed by atoms with Crippen molar-refractivity contribution in [2.75, 3.05) is 11.5 Å². The van der Waals surface area contributed by atoms with E-state index in [1.165, 1.54) is 6.08 Å². The van der Waals surface area contributed by atoms with Crippen molar-refractivity contribution in [3.05, 3.63) is 57.6 Å². The molecular weight excluding hydrogens is 432 g/mol. The SMILES string of the molecule is CCOc1cc(/C=C2\C(=O)NC(=O)N(c3ccc(C)cc3C)C2=O)cc(Cl)c1OC(C)C. The topological polar surface area (TPSA) is 84.9 Å². The lowest BCUT2D eigenvalue weighted by atomic mass is 10.0. The van der Waals surface area contributed by atoms with Crippen LogP contribution in [0.25, 0.3) is 6.08 Å². The van der Waals surface area contributed by atoms with E-state index >= 15 is 0 Å². The third-order valence-electron chi connectivity index (χ3n) is 4.69. The third-order valence-corrected chi connectivity index (χ3v) is 4.97. The van der Waals surface area contributed by atoms with Crippen LogP contribution in [-0.4, -0.2) is 30.6 Å². The number of nitrogens with one attached hydrogen (secondary N) is 1. The average molecular weight is 457 g/mol. The first-order chi connectivity index (χ1) is 15.1. The molecular formula is C24H25ClN2O5. The van der Waals surface area contributed by atoms with Crippen LogP contribution in [0.5, 0.6) is 11.5 Å². The van der Waals surface area contributed by atoms with Crippen LogP contribution in [0.2, 0.25) is 5.02 Å². The highest BCUT2D eigenvalue weighted by atomic mass is 35.5. The smallest absolute Gasteiger partial charge is 0.335 e. The number of urea groups is 1. The largest absolute Gasteiger partial charge is 0.490 e. The van der Waals surface area contributed by atoms with Crippen molar-refractivity contribution in [3.8, 4) is 11.5 Å². The number of nitrogens with zero attached hydrogens (tertiary/aromatic N) is 1. The van der Waals surface area contributed by atoms with Crippen molar-refractivity contribution in [2.45, 2.75) is 40.7 Å². The van der Waals surface area contributed by atoms with Crippen LogP contribution in [0.4, 0.5) is 10.5 Å². The Bertz CT molecular complexity index is 1120. The number of benzene rings is 2. The fourth-order valence-electron chi connectivity index (χ4n) is 3.38. The molecule has 4 amide bonds. The number of barbiturate groups is 1. The summed E-state index contributed by atoms with van der Waals surface area (Å²) >= 11 is 6.40. The van der Waals surface area contributed by atoms with E-state index in [4.69, 9.17) is 21.1 Å². The first-order valence-electron chi connectivity index (χ1n) is 10.2. The number of anilines is 1. The van der Waals surface area contributed by atoms with Crippen LogP contribution >= 0.6 is 11.6 Å². The first-order valence-corrected chi connectivity index (χ1v) is 10.6. The highest BCUT2D eigenvalue weighted by Gasteiger charge is 2.37. The van der Waals surface area contributed by atoms with Gasteiger partial charge in [-0.2, -0.15) is 0 Å². The monoisotopic (exact) mass is 456 g/mol. The van der Waals surface area contributed by atoms with E-state index in [1.54, 1.807) is 31.2 Å². The van der Waals surface area contributed by atoms with Crippen molar-refractivity contribution in [1.29, 1.82) is 0 Å². The van der Waals surface area contributed by atoms with Gasteiger partial charge >= 0.3 is 6.03 Å². The maximum atomic E-state index is 13.2. The summed E-state index contributed by atoms with van der Waals surface area (Å²) in [5, 5.41) is 2.51. The summed E-state index contributed by atoms with van der Waals surface area (Å²) in [7, 11) is 0. The Morgan fingerprint density at radius 3 is 2.47 bits per heavy atom. The van der Waals surface area contributed by atoms with Crippen LogP contribution in [0.1, 0.15) is 37.5 Å². The number of carbonyl (C=O) groups is 3. The summed E-state index contributed by atoms with van der Waals surface area (Å²) in [4.78, 5) is 39.1. The molecule has 2 aromatic rings. The Kier molecular flexibility index (Phi) is 6.89. The highest BCUT2D eigenvalue weighted by molar-refractivity contribution is 6.39. The number of ether oxygens (including phenoxy) is 2. The third kappa shape index (κ3) is 4.78. The van der Waals surface area contributed by atoms with Gasteiger partial charge in [-0.25, -0.2) is 9.69 Å². The lowest BCUT2D eigenvalue weighted by Gasteiger charge is -2.27. The molecule has 0 unspecified atom stereocenters. The predicted octanol–water partition coefficient (Wildman–Crippen LogP) is 4.81. The maximum absolute atomic E-state index is 13.2. The fourth-order valence-corrected chi connectivity index (χ4v) is 3.65. The molecule has 1 saturated heterocycles. The molecule has 1 aliphatic rings. The molecule has 3 rings (SSSR count). The van der Waals surface area contributed by atoms with Crippen molar-refractivity contribution in [1.82, 2.24) is 5.32 Å². The van der Waals surface area contributed by atoms with Gasteiger partial charge in [-0.05, 0) is 70.0 Å². The second-order valence-electron chi connectivity index (χ2n) is 7.68. The number of imide groups is 2. The Morgan fingerprint density at radius 2 is 1.84 bits per heavy atom. The Hall–Kier alpha value is -3.32. The van der Waals surface area contributed by atoms with Crippen LogP contribution < -0.4 is 19.7 Å². The minimum Gasteiger partial charge on any atom is -0.490 e. The van der Waals surface area contributed by atoms with E-state index in [-0.39, 0.29) is 16.7 Å². The summed E-state index contributed by atoms with van der Waals surface area (Å²) in [5.41, 5.74) is 2.40. The summed E-state index contributed by atoms with van der Waals surface area (Å²) in [6, 6.07) is 7.75. The molecule has 1 N–H and O–H groups in total. The molecule has 7 nitrogen and oxygen atoms in total. The standard InChI is InChI=1S/C24H25ClN2O5/c1-6-31-20-12-16(11-18(25)21(20)32-13(2)3)10-17-22(28)26-24(30)27(23(17)29)19-8-7-14(4)9-15(19)5/h7-13H,6H2,1-5H3,(H,26,28,30)/b17-10+. The summed E-state index contributed by atoms with van der Waals surface area (Å²) in [6.45, 7) is 9.64. The van der Waals surface area contributed by atoms with Gasteiger partial charge in [0.1, 0.15) is 5.57 Å². The number of carbonyl (C=O) groups excluding carboxylic acids is 3. The molecule has 1 fully saturated rings. The van der Waals surface area contributed by atoms with Gasteiger partial charge < -0.3 is 9.47 Å². The Morgan fingerprint density at radius 1 is 1.12 bits per heavy atom. The number of hydrogen-bond acceptors (Lipinski definition) is 5. The normalized spacial score (nSPS) is 15.4. The molecule has 8 heteroatoms. The number of rotatable bonds is 6. The average Bonchev–Trinajstić information content (AvgIpc) is 2.69. The molecule has 168 valence electrons. The minimum absolute atomic E-state index is 0.126. The molecule has 0 bridgehead atoms. The van der Waals surface area contributed by atoms with E-state index < -0.39 is 17.8 Å². The van der Waals surface area contributed by atoms with E-state index in [2.05, 4.69) is 5.32 Å². The van der Waals surface area contributed by atoms with Gasteiger partial charge in [0.15, 0.2) is 11.5 Å². The summed E-state index contributed by atoms with van der Waals surface area (Å²) in [6.07, 6.45) is 1.26. The zero-order chi connectivity index (χ0) is 23.6. The van der Waals surface area contributed by atoms with Crippen molar-refractivity contribution < 1.29 is 23.9 Å². The predicted molar refractivity (Wildman–Crippen MR) is 123 cm³/mol. The van der Waals surface area contributed by atoms with E-state index in [0.29, 0.717) is 29.4 Å². The molecule has 32 heavy (non-hydrogen) atoms. The van der Waals surface area contributed by atoms with Gasteiger partial charge in [0, 0.05) is 0 Å². The number of halogens is 1. The van der Waals surface area contributed by atoms with E-state index in [0.717, 1.165) is 16.0 Å². The molecule has 0 spiro atoms. The lowest BCUT2D eigenvalue weighted by Crippen LogP contribution is -2.54. The molecule has 1 heterocycles. The van der Waals surface area contributed by atoms with Gasteiger partial charge in [-0.3, -0.25) is 14.9 Å². The second-order valence-corrected chi connectivity index (χ2v) is 8.08. The molecule has 0 radical (unpaired) electrons. The van der Waals surface area contributed by atoms with Gasteiger partial charge in [0.2, 0.25) is 0 Å². The quantitative estimate of drug-likeness (QED) is 0.498. The molecule has 2 aromatic carbocycles. The molecule has 0 saturated carbocycles. The Labute approximate surface area is 191 Å². The zero-order valence-electron chi connectivity index (χ0n) is 18.6. The van der Waals surface area contributed by atoms with Crippen LogP contribution in [0.3, 0.4) is 0 Å². The maximum Gasteiger partial charge on any atom is 0.335 e. The van der Waals surface area contributed by atoms with Crippen molar-refractivity contribution in [3.63, 3.8) is 0 Å². The second kappa shape index (κ2) is 9.44. The number of amides is 4. The summed E-state index contributed by atoms with van der Waals surface area (Å²) < 4.78 is 11.4. The molecule has 0 aliphatic carbocycles. The molecule has 0 aromatic heterocycles. The fraction of sp³-hybridized carbons (Fsp3) is 0.292. The van der Waals surface area contributed by atoms with Gasteiger partial charge in [0.05, 0.1) is 23.4 Å². The van der Waals surface area contributed by atoms with Crippen LogP contribution in [0.15, 0.2) is 35.9 Å². The Balaban J connectivity index is 2.05. The van der Waals surface area contributed by atoms with Gasteiger partial charge in [-0.15, -0.1) is 0 Å².